The van der Waals surface area contributed by atoms with Gasteiger partial charge in [0, 0.05) is 43.0 Å². The number of likely N-dealkylation sites (tertiary alicyclic amines) is 1. The minimum Gasteiger partial charge on any atom is -0.406 e. The highest BCUT2D eigenvalue weighted by Crippen LogP contribution is 2.34. The van der Waals surface area contributed by atoms with Crippen LogP contribution >= 0.6 is 0 Å². The van der Waals surface area contributed by atoms with Crippen molar-refractivity contribution in [3.63, 3.8) is 0 Å². The molecule has 12 heteroatoms. The van der Waals surface area contributed by atoms with Crippen LogP contribution in [0.2, 0.25) is 0 Å². The van der Waals surface area contributed by atoms with Gasteiger partial charge in [-0.1, -0.05) is 12.1 Å². The zero-order valence-electron chi connectivity index (χ0n) is 23.7. The molecule has 0 spiro atoms. The van der Waals surface area contributed by atoms with Crippen molar-refractivity contribution >= 4 is 5.91 Å². The number of aryl methyl sites for hydroxylation is 1. The Morgan fingerprint density at radius 2 is 1.86 bits per heavy atom. The van der Waals surface area contributed by atoms with Crippen LogP contribution in [0.25, 0.3) is 0 Å². The molecule has 230 valence electrons. The summed E-state index contributed by atoms with van der Waals surface area (Å²) in [5.41, 5.74) is 2.79. The molecule has 3 aliphatic heterocycles. The fourth-order valence-corrected chi connectivity index (χ4v) is 6.09. The largest absolute Gasteiger partial charge is 0.573 e. The van der Waals surface area contributed by atoms with Gasteiger partial charge in [-0.15, -0.1) is 13.2 Å². The summed E-state index contributed by atoms with van der Waals surface area (Å²) < 4.78 is 67.0. The summed E-state index contributed by atoms with van der Waals surface area (Å²) in [6.07, 6.45) is 1.57. The maximum atomic E-state index is 14.1. The number of piperidine rings is 1. The molecule has 0 radical (unpaired) electrons. The lowest BCUT2D eigenvalue weighted by Gasteiger charge is -2.36. The molecule has 1 amide bonds. The second-order valence-corrected chi connectivity index (χ2v) is 11.3. The van der Waals surface area contributed by atoms with Crippen LogP contribution in [0.15, 0.2) is 30.6 Å². The third-order valence-electron chi connectivity index (χ3n) is 8.45. The molecule has 42 heavy (non-hydrogen) atoms. The lowest BCUT2D eigenvalue weighted by molar-refractivity contribution is -0.274. The first-order valence-corrected chi connectivity index (χ1v) is 14.7. The summed E-state index contributed by atoms with van der Waals surface area (Å²) >= 11 is 0. The molecule has 5 rings (SSSR count). The van der Waals surface area contributed by atoms with Crippen LogP contribution in [-0.4, -0.2) is 77.8 Å². The highest BCUT2D eigenvalue weighted by Gasteiger charge is 2.32. The maximum absolute atomic E-state index is 14.1. The van der Waals surface area contributed by atoms with Gasteiger partial charge in [0.15, 0.2) is 0 Å². The molecule has 3 saturated heterocycles. The van der Waals surface area contributed by atoms with Crippen LogP contribution in [0, 0.1) is 6.92 Å². The van der Waals surface area contributed by atoms with Crippen molar-refractivity contribution in [2.45, 2.75) is 95.1 Å². The highest BCUT2D eigenvalue weighted by molar-refractivity contribution is 5.93. The van der Waals surface area contributed by atoms with Gasteiger partial charge in [0.05, 0.1) is 18.8 Å². The van der Waals surface area contributed by atoms with E-state index in [0.717, 1.165) is 48.9 Å². The molecule has 0 aliphatic carbocycles. The molecule has 3 fully saturated rings. The molecular weight excluding hydrogens is 556 g/mol. The van der Waals surface area contributed by atoms with Gasteiger partial charge in [-0.25, -0.2) is 14.4 Å². The summed E-state index contributed by atoms with van der Waals surface area (Å²) in [4.78, 5) is 24.0. The lowest BCUT2D eigenvalue weighted by Crippen LogP contribution is -2.52. The zero-order chi connectivity index (χ0) is 29.7. The quantitative estimate of drug-likeness (QED) is 0.418. The van der Waals surface area contributed by atoms with Gasteiger partial charge in [0.1, 0.15) is 23.9 Å². The molecule has 0 unspecified atom stereocenters. The summed E-state index contributed by atoms with van der Waals surface area (Å²) in [7, 11) is 0. The molecule has 0 bridgehead atoms. The van der Waals surface area contributed by atoms with Crippen molar-refractivity contribution < 1.29 is 36.6 Å². The van der Waals surface area contributed by atoms with E-state index >= 15 is 0 Å². The van der Waals surface area contributed by atoms with E-state index in [1.165, 1.54) is 18.5 Å². The SMILES string of the molecule is Cc1c(CC[C@H]2CCC[C@@H](c3ccc(OC(F)(F)F)cc3)O2)ncnc1C(=O)N1CCC(N[C@@H]2CCOC[C@@H]2F)CC1. The second kappa shape index (κ2) is 13.6. The van der Waals surface area contributed by atoms with Crippen LogP contribution in [0.1, 0.15) is 78.4 Å². The first-order valence-electron chi connectivity index (χ1n) is 14.7. The van der Waals surface area contributed by atoms with E-state index in [1.54, 1.807) is 12.1 Å². The van der Waals surface area contributed by atoms with Gasteiger partial charge in [0.25, 0.3) is 5.91 Å². The fourth-order valence-electron chi connectivity index (χ4n) is 6.09. The summed E-state index contributed by atoms with van der Waals surface area (Å²) in [6, 6.07) is 5.82. The Hall–Kier alpha value is -2.83. The van der Waals surface area contributed by atoms with E-state index in [4.69, 9.17) is 9.47 Å². The van der Waals surface area contributed by atoms with Crippen molar-refractivity contribution in [2.24, 2.45) is 0 Å². The number of ether oxygens (including phenoxy) is 3. The van der Waals surface area contributed by atoms with Gasteiger partial charge in [-0.3, -0.25) is 4.79 Å². The summed E-state index contributed by atoms with van der Waals surface area (Å²) in [5, 5.41) is 3.42. The Bertz CT molecular complexity index is 1190. The van der Waals surface area contributed by atoms with Gasteiger partial charge < -0.3 is 24.4 Å². The molecule has 0 saturated carbocycles. The van der Waals surface area contributed by atoms with E-state index in [2.05, 4.69) is 20.0 Å². The van der Waals surface area contributed by atoms with E-state index in [0.29, 0.717) is 44.7 Å². The predicted molar refractivity (Wildman–Crippen MR) is 146 cm³/mol. The second-order valence-electron chi connectivity index (χ2n) is 11.3. The molecule has 1 N–H and O–H groups in total. The lowest BCUT2D eigenvalue weighted by atomic mass is 9.95. The molecular formula is C30H38F4N4O4. The van der Waals surface area contributed by atoms with E-state index in [1.807, 2.05) is 11.8 Å². The average Bonchev–Trinajstić information content (AvgIpc) is 2.98. The van der Waals surface area contributed by atoms with E-state index in [9.17, 15) is 22.4 Å². The van der Waals surface area contributed by atoms with Crippen LogP contribution < -0.4 is 10.1 Å². The van der Waals surface area contributed by atoms with Crippen molar-refractivity contribution in [1.82, 2.24) is 20.2 Å². The molecule has 4 atom stereocenters. The van der Waals surface area contributed by atoms with Crippen LogP contribution in [0.5, 0.6) is 5.75 Å². The van der Waals surface area contributed by atoms with Crippen molar-refractivity contribution in [3.8, 4) is 5.75 Å². The Balaban J connectivity index is 1.12. The number of halogens is 4. The van der Waals surface area contributed by atoms with Gasteiger partial charge in [0.2, 0.25) is 0 Å². The summed E-state index contributed by atoms with van der Waals surface area (Å²) in [5.74, 6) is -0.370. The molecule has 8 nitrogen and oxygen atoms in total. The number of alkyl halides is 4. The minimum absolute atomic E-state index is 0.0328. The molecule has 4 heterocycles. The molecule has 2 aromatic rings. The molecule has 1 aromatic heterocycles. The summed E-state index contributed by atoms with van der Waals surface area (Å²) in [6.45, 7) is 3.73. The van der Waals surface area contributed by atoms with Crippen molar-refractivity contribution in [3.05, 3.63) is 53.1 Å². The number of nitrogens with one attached hydrogen (secondary N) is 1. The van der Waals surface area contributed by atoms with Crippen LogP contribution in [-0.2, 0) is 15.9 Å². The zero-order valence-corrected chi connectivity index (χ0v) is 23.7. The topological polar surface area (TPSA) is 85.8 Å². The Morgan fingerprint density at radius 3 is 2.57 bits per heavy atom. The minimum atomic E-state index is -4.72. The van der Waals surface area contributed by atoms with Gasteiger partial charge in [-0.2, -0.15) is 0 Å². The molecule has 1 aromatic carbocycles. The number of nitrogens with zero attached hydrogens (tertiary/aromatic N) is 3. The number of amides is 1. The first-order chi connectivity index (χ1) is 20.2. The third-order valence-corrected chi connectivity index (χ3v) is 8.45. The Labute approximate surface area is 243 Å². The number of benzene rings is 1. The number of rotatable bonds is 8. The monoisotopic (exact) mass is 594 g/mol. The Morgan fingerprint density at radius 1 is 1.10 bits per heavy atom. The van der Waals surface area contributed by atoms with E-state index in [-0.39, 0.29) is 42.6 Å². The fraction of sp³-hybridized carbons (Fsp3) is 0.633. The third kappa shape index (κ3) is 7.96. The maximum Gasteiger partial charge on any atom is 0.573 e. The number of hydrogen-bond acceptors (Lipinski definition) is 7. The highest BCUT2D eigenvalue weighted by atomic mass is 19.4. The van der Waals surface area contributed by atoms with Crippen LogP contribution in [0.4, 0.5) is 17.6 Å². The first kappa shape index (κ1) is 30.6. The Kier molecular flexibility index (Phi) is 9.95. The number of carbonyl (C=O) groups is 1. The average molecular weight is 595 g/mol. The standard InChI is InChI=1S/C30H38F4N4O4/c1-19-25(10-9-22-3-2-4-27(41-22)20-5-7-23(8-6-20)42-30(32,33)34)35-18-36-28(19)29(39)38-14-11-21(12-15-38)37-26-13-16-40-17-24(26)31/h5-8,18,21-22,24,26-27,37H,2-4,9-17H2,1H3/t22-,24+,26-,27+/m1/s1. The van der Waals surface area contributed by atoms with Crippen molar-refractivity contribution in [1.29, 1.82) is 0 Å². The number of hydrogen-bond donors (Lipinski definition) is 1. The van der Waals surface area contributed by atoms with Gasteiger partial charge in [-0.05, 0) is 76.0 Å². The van der Waals surface area contributed by atoms with E-state index < -0.39 is 12.5 Å². The van der Waals surface area contributed by atoms with Crippen LogP contribution in [0.3, 0.4) is 0 Å². The van der Waals surface area contributed by atoms with Gasteiger partial charge >= 0.3 is 6.36 Å². The molecule has 3 aliphatic rings. The van der Waals surface area contributed by atoms with Crippen molar-refractivity contribution in [2.75, 3.05) is 26.3 Å². The number of carbonyl (C=O) groups excluding carboxylic acids is 1. The normalized spacial score (nSPS) is 25.8. The predicted octanol–water partition coefficient (Wildman–Crippen LogP) is 5.25. The smallest absolute Gasteiger partial charge is 0.406 e. The number of aromatic nitrogens is 2.